The lowest BCUT2D eigenvalue weighted by molar-refractivity contribution is 0.935. The number of aromatic amines is 1. The van der Waals surface area contributed by atoms with E-state index in [-0.39, 0.29) is 11.4 Å². The van der Waals surface area contributed by atoms with Crippen LogP contribution < -0.4 is 11.3 Å². The molecular formula is C6H4BrN5OS2. The molecule has 0 fully saturated rings. The molecule has 0 aliphatic carbocycles. The molecule has 0 radical (unpaired) electrons. The molecule has 9 heteroatoms. The van der Waals surface area contributed by atoms with E-state index in [1.54, 1.807) is 0 Å². The number of halogens is 1. The Morgan fingerprint density at radius 2 is 2.33 bits per heavy atom. The van der Waals surface area contributed by atoms with Crippen LogP contribution in [0.5, 0.6) is 0 Å². The summed E-state index contributed by atoms with van der Waals surface area (Å²) in [5.74, 6) is 0.185. The minimum absolute atomic E-state index is 0.185. The number of aromatic nitrogens is 4. The lowest BCUT2D eigenvalue weighted by atomic mass is 10.6. The summed E-state index contributed by atoms with van der Waals surface area (Å²) in [6, 6.07) is 1.22. The Balaban J connectivity index is 2.28. The van der Waals surface area contributed by atoms with E-state index >= 15 is 0 Å². The highest BCUT2D eigenvalue weighted by molar-refractivity contribution is 9.11. The summed E-state index contributed by atoms with van der Waals surface area (Å²) < 4.78 is 1.35. The summed E-state index contributed by atoms with van der Waals surface area (Å²) in [4.78, 5) is 17.6. The highest BCUT2D eigenvalue weighted by Crippen LogP contribution is 2.29. The fourth-order valence-corrected chi connectivity index (χ4v) is 3.18. The summed E-state index contributed by atoms with van der Waals surface area (Å²) in [5.41, 5.74) is 5.15. The smallest absolute Gasteiger partial charge is 0.253 e. The summed E-state index contributed by atoms with van der Waals surface area (Å²) in [6.45, 7) is 0. The van der Waals surface area contributed by atoms with E-state index < -0.39 is 0 Å². The maximum atomic E-state index is 11.1. The van der Waals surface area contributed by atoms with E-state index in [1.165, 1.54) is 29.2 Å². The molecule has 0 spiro atoms. The number of anilines is 1. The third-order valence-corrected chi connectivity index (χ3v) is 3.60. The molecule has 2 rings (SSSR count). The Bertz CT molecular complexity index is 538. The molecule has 0 aliphatic rings. The molecule has 2 aromatic rings. The van der Waals surface area contributed by atoms with Crippen molar-refractivity contribution in [3.63, 3.8) is 0 Å². The standard InChI is InChI=1S/C6H4BrN5OS2/c7-4-11-12-6(14-4)15-5-9-2(8)1-3(13)10-5/h1H,(H3,8,9,10,13). The van der Waals surface area contributed by atoms with Crippen molar-refractivity contribution < 1.29 is 0 Å². The first kappa shape index (κ1) is 10.6. The van der Waals surface area contributed by atoms with E-state index in [0.29, 0.717) is 13.4 Å². The van der Waals surface area contributed by atoms with Crippen LogP contribution in [0.15, 0.2) is 24.3 Å². The normalized spacial score (nSPS) is 10.5. The van der Waals surface area contributed by atoms with E-state index in [2.05, 4.69) is 36.1 Å². The minimum atomic E-state index is -0.284. The number of nitrogens with one attached hydrogen (secondary N) is 1. The highest BCUT2D eigenvalue weighted by atomic mass is 79.9. The predicted octanol–water partition coefficient (Wildman–Crippen LogP) is 1.12. The van der Waals surface area contributed by atoms with E-state index in [1.807, 2.05) is 0 Å². The Morgan fingerprint density at radius 3 is 2.93 bits per heavy atom. The van der Waals surface area contributed by atoms with Gasteiger partial charge < -0.3 is 10.7 Å². The van der Waals surface area contributed by atoms with E-state index in [0.717, 1.165) is 0 Å². The van der Waals surface area contributed by atoms with Crippen molar-refractivity contribution in [2.24, 2.45) is 0 Å². The van der Waals surface area contributed by atoms with Crippen molar-refractivity contribution in [1.29, 1.82) is 0 Å². The van der Waals surface area contributed by atoms with Gasteiger partial charge in [-0.1, -0.05) is 11.3 Å². The van der Waals surface area contributed by atoms with Gasteiger partial charge in [0.05, 0.1) is 0 Å². The number of nitrogens with zero attached hydrogens (tertiary/aromatic N) is 3. The highest BCUT2D eigenvalue weighted by Gasteiger charge is 2.06. The number of rotatable bonds is 2. The van der Waals surface area contributed by atoms with Crippen LogP contribution >= 0.6 is 39.0 Å². The average molecular weight is 306 g/mol. The molecule has 3 N–H and O–H groups in total. The van der Waals surface area contributed by atoms with Crippen LogP contribution in [0.2, 0.25) is 0 Å². The van der Waals surface area contributed by atoms with Crippen molar-refractivity contribution in [3.05, 3.63) is 20.3 Å². The first-order chi connectivity index (χ1) is 7.13. The van der Waals surface area contributed by atoms with Crippen molar-refractivity contribution in [2.45, 2.75) is 9.50 Å². The van der Waals surface area contributed by atoms with Crippen LogP contribution in [-0.2, 0) is 0 Å². The number of hydrogen-bond donors (Lipinski definition) is 2. The number of H-pyrrole nitrogens is 1. The van der Waals surface area contributed by atoms with Gasteiger partial charge in [0.25, 0.3) is 5.56 Å². The Kier molecular flexibility index (Phi) is 3.03. The lowest BCUT2D eigenvalue weighted by Crippen LogP contribution is -2.09. The molecule has 0 bridgehead atoms. The van der Waals surface area contributed by atoms with Gasteiger partial charge in [-0.25, -0.2) is 4.98 Å². The number of nitrogen functional groups attached to an aromatic ring is 1. The Hall–Kier alpha value is -0.930. The van der Waals surface area contributed by atoms with Crippen LogP contribution in [0.3, 0.4) is 0 Å². The van der Waals surface area contributed by atoms with Gasteiger partial charge in [-0.3, -0.25) is 4.79 Å². The zero-order valence-corrected chi connectivity index (χ0v) is 10.3. The topological polar surface area (TPSA) is 97.6 Å². The van der Waals surface area contributed by atoms with Crippen LogP contribution in [0.1, 0.15) is 0 Å². The Labute approximate surface area is 100 Å². The third kappa shape index (κ3) is 2.76. The van der Waals surface area contributed by atoms with Crippen molar-refractivity contribution in [1.82, 2.24) is 20.2 Å². The summed E-state index contributed by atoms with van der Waals surface area (Å²) in [7, 11) is 0. The molecular weight excluding hydrogens is 302 g/mol. The molecule has 2 aromatic heterocycles. The van der Waals surface area contributed by atoms with Gasteiger partial charge in [-0.15, -0.1) is 10.2 Å². The van der Waals surface area contributed by atoms with E-state index in [9.17, 15) is 4.79 Å². The van der Waals surface area contributed by atoms with E-state index in [4.69, 9.17) is 5.73 Å². The fraction of sp³-hybridized carbons (Fsp3) is 0. The molecule has 0 saturated carbocycles. The predicted molar refractivity (Wildman–Crippen MR) is 61.0 cm³/mol. The maximum absolute atomic E-state index is 11.1. The maximum Gasteiger partial charge on any atom is 0.253 e. The molecule has 0 amide bonds. The molecule has 78 valence electrons. The molecule has 0 unspecified atom stereocenters. The van der Waals surface area contributed by atoms with Gasteiger partial charge in [0.15, 0.2) is 13.4 Å². The third-order valence-electron chi connectivity index (χ3n) is 1.31. The molecule has 15 heavy (non-hydrogen) atoms. The molecule has 0 aromatic carbocycles. The quantitative estimate of drug-likeness (QED) is 0.807. The van der Waals surface area contributed by atoms with Crippen molar-refractivity contribution in [3.8, 4) is 0 Å². The van der Waals surface area contributed by atoms with Crippen LogP contribution in [0.25, 0.3) is 0 Å². The average Bonchev–Trinajstić information content (AvgIpc) is 2.49. The number of nitrogens with two attached hydrogens (primary N) is 1. The van der Waals surface area contributed by atoms with Crippen LogP contribution in [0, 0.1) is 0 Å². The minimum Gasteiger partial charge on any atom is -0.383 e. The van der Waals surface area contributed by atoms with Crippen LogP contribution in [0.4, 0.5) is 5.82 Å². The summed E-state index contributed by atoms with van der Waals surface area (Å²) in [5, 5.41) is 8.03. The lowest BCUT2D eigenvalue weighted by Gasteiger charge is -1.96. The molecule has 0 saturated heterocycles. The molecule has 0 atom stereocenters. The second-order valence-electron chi connectivity index (χ2n) is 2.40. The zero-order valence-electron chi connectivity index (χ0n) is 7.10. The SMILES string of the molecule is Nc1cc(=O)[nH]c(Sc2nnc(Br)s2)n1. The molecule has 0 aliphatic heterocycles. The largest absolute Gasteiger partial charge is 0.383 e. The second kappa shape index (κ2) is 4.29. The van der Waals surface area contributed by atoms with Gasteiger partial charge in [-0.05, 0) is 27.7 Å². The first-order valence-corrected chi connectivity index (χ1v) is 6.10. The zero-order chi connectivity index (χ0) is 10.8. The van der Waals surface area contributed by atoms with Gasteiger partial charge in [-0.2, -0.15) is 0 Å². The fourth-order valence-electron chi connectivity index (χ4n) is 0.819. The van der Waals surface area contributed by atoms with Gasteiger partial charge in [0, 0.05) is 6.07 Å². The number of hydrogen-bond acceptors (Lipinski definition) is 7. The van der Waals surface area contributed by atoms with Gasteiger partial charge in [0.1, 0.15) is 5.82 Å². The molecule has 2 heterocycles. The van der Waals surface area contributed by atoms with Gasteiger partial charge in [0.2, 0.25) is 0 Å². The van der Waals surface area contributed by atoms with Gasteiger partial charge >= 0.3 is 0 Å². The van der Waals surface area contributed by atoms with Crippen molar-refractivity contribution in [2.75, 3.05) is 5.73 Å². The second-order valence-corrected chi connectivity index (χ2v) is 5.89. The summed E-state index contributed by atoms with van der Waals surface area (Å²) >= 11 is 5.74. The first-order valence-electron chi connectivity index (χ1n) is 3.67. The molecule has 6 nitrogen and oxygen atoms in total. The Morgan fingerprint density at radius 1 is 1.53 bits per heavy atom. The van der Waals surface area contributed by atoms with Crippen LogP contribution in [-0.4, -0.2) is 20.2 Å². The monoisotopic (exact) mass is 305 g/mol. The van der Waals surface area contributed by atoms with Crippen molar-refractivity contribution >= 4 is 44.8 Å². The summed E-state index contributed by atoms with van der Waals surface area (Å²) in [6.07, 6.45) is 0.